The predicted molar refractivity (Wildman–Crippen MR) is 59.5 cm³/mol. The molecule has 0 saturated heterocycles. The molecule has 0 aromatic heterocycles. The first-order valence-corrected chi connectivity index (χ1v) is 8.60. The molecule has 13 heavy (non-hydrogen) atoms. The molecule has 74 valence electrons. The van der Waals surface area contributed by atoms with Crippen LogP contribution in [0.4, 0.5) is 0 Å². The Kier molecular flexibility index (Phi) is 3.12. The van der Waals surface area contributed by atoms with Crippen molar-refractivity contribution >= 4 is 13.9 Å². The van der Waals surface area contributed by atoms with Crippen LogP contribution in [0.5, 0.6) is 0 Å². The highest BCUT2D eigenvalue weighted by Gasteiger charge is 2.22. The van der Waals surface area contributed by atoms with E-state index in [4.69, 9.17) is 0 Å². The highest BCUT2D eigenvalue weighted by molar-refractivity contribution is 6.82. The second-order valence-corrected chi connectivity index (χ2v) is 10.4. The standard InChI is InChI=1S/C11H20OSi/c1-9(13(2,3)4)7-10-5-6-11(12)8-10/h7,10H,5-6,8H2,1-4H3/b9-7+/t10-/m0/s1. The molecule has 2 heteroatoms. The van der Waals surface area contributed by atoms with E-state index in [2.05, 4.69) is 32.6 Å². The summed E-state index contributed by atoms with van der Waals surface area (Å²) in [4.78, 5) is 11.1. The monoisotopic (exact) mass is 196 g/mol. The molecule has 1 saturated carbocycles. The van der Waals surface area contributed by atoms with Gasteiger partial charge in [0, 0.05) is 12.8 Å². The summed E-state index contributed by atoms with van der Waals surface area (Å²) in [6, 6.07) is 0. The summed E-state index contributed by atoms with van der Waals surface area (Å²) in [5.74, 6) is 1.00. The zero-order valence-electron chi connectivity index (χ0n) is 9.18. The van der Waals surface area contributed by atoms with Gasteiger partial charge in [0.15, 0.2) is 0 Å². The average molecular weight is 196 g/mol. The number of carbonyl (C=O) groups is 1. The van der Waals surface area contributed by atoms with Crippen LogP contribution in [0.2, 0.25) is 19.6 Å². The van der Waals surface area contributed by atoms with Gasteiger partial charge < -0.3 is 0 Å². The quantitative estimate of drug-likeness (QED) is 0.620. The third kappa shape index (κ3) is 3.11. The lowest BCUT2D eigenvalue weighted by atomic mass is 10.1. The Bertz CT molecular complexity index is 235. The Morgan fingerprint density at radius 2 is 2.08 bits per heavy atom. The highest BCUT2D eigenvalue weighted by atomic mass is 28.3. The van der Waals surface area contributed by atoms with Crippen LogP contribution >= 0.6 is 0 Å². The fraction of sp³-hybridized carbons (Fsp3) is 0.727. The fourth-order valence-electron chi connectivity index (χ4n) is 1.59. The summed E-state index contributed by atoms with van der Waals surface area (Å²) in [5, 5.41) is 1.55. The molecule has 0 aromatic rings. The molecule has 1 nitrogen and oxygen atoms in total. The first-order chi connectivity index (χ1) is 5.89. The number of hydrogen-bond acceptors (Lipinski definition) is 1. The SMILES string of the molecule is C/C(=C\[C@@H]1CCC(=O)C1)[Si](C)(C)C. The Hall–Kier alpha value is -0.373. The van der Waals surface area contributed by atoms with Gasteiger partial charge in [0.2, 0.25) is 0 Å². The van der Waals surface area contributed by atoms with Gasteiger partial charge in [-0.05, 0) is 19.3 Å². The van der Waals surface area contributed by atoms with E-state index >= 15 is 0 Å². The van der Waals surface area contributed by atoms with Crippen LogP contribution in [-0.2, 0) is 4.79 Å². The second-order valence-electron chi connectivity index (χ2n) is 5.14. The van der Waals surface area contributed by atoms with Gasteiger partial charge in [-0.2, -0.15) is 0 Å². The van der Waals surface area contributed by atoms with Crippen LogP contribution in [0, 0.1) is 5.92 Å². The van der Waals surface area contributed by atoms with Crippen LogP contribution in [0.3, 0.4) is 0 Å². The molecule has 0 spiro atoms. The van der Waals surface area contributed by atoms with Crippen molar-refractivity contribution in [3.05, 3.63) is 11.3 Å². The highest BCUT2D eigenvalue weighted by Crippen LogP contribution is 2.26. The number of Topliss-reactive ketones (excluding diaryl/α,β-unsaturated/α-hetero) is 1. The molecule has 1 aliphatic rings. The fourth-order valence-corrected chi connectivity index (χ4v) is 2.32. The third-order valence-electron chi connectivity index (χ3n) is 2.95. The van der Waals surface area contributed by atoms with Crippen molar-refractivity contribution in [1.29, 1.82) is 0 Å². The van der Waals surface area contributed by atoms with Gasteiger partial charge in [-0.1, -0.05) is 30.9 Å². The van der Waals surface area contributed by atoms with Crippen LogP contribution in [0.15, 0.2) is 11.3 Å². The van der Waals surface area contributed by atoms with E-state index in [1.807, 2.05) is 0 Å². The van der Waals surface area contributed by atoms with E-state index in [9.17, 15) is 4.79 Å². The van der Waals surface area contributed by atoms with Crippen LogP contribution in [-0.4, -0.2) is 13.9 Å². The molecule has 0 radical (unpaired) electrons. The predicted octanol–water partition coefficient (Wildman–Crippen LogP) is 3.18. The Balaban J connectivity index is 2.61. The van der Waals surface area contributed by atoms with Crippen molar-refractivity contribution in [2.75, 3.05) is 0 Å². The molecule has 0 N–H and O–H groups in total. The zero-order chi connectivity index (χ0) is 10.1. The van der Waals surface area contributed by atoms with E-state index in [1.165, 1.54) is 0 Å². The number of allylic oxidation sites excluding steroid dienone is 2. The Morgan fingerprint density at radius 3 is 2.46 bits per heavy atom. The zero-order valence-corrected chi connectivity index (χ0v) is 10.2. The largest absolute Gasteiger partial charge is 0.300 e. The molecule has 0 heterocycles. The molecule has 0 aromatic carbocycles. The van der Waals surface area contributed by atoms with Gasteiger partial charge in [-0.15, -0.1) is 0 Å². The van der Waals surface area contributed by atoms with Crippen LogP contribution < -0.4 is 0 Å². The summed E-state index contributed by atoms with van der Waals surface area (Å²) in [5.41, 5.74) is 0. The minimum absolute atomic E-state index is 0.449. The first-order valence-electron chi connectivity index (χ1n) is 5.10. The van der Waals surface area contributed by atoms with E-state index in [0.29, 0.717) is 11.7 Å². The van der Waals surface area contributed by atoms with Gasteiger partial charge in [0.1, 0.15) is 5.78 Å². The second kappa shape index (κ2) is 3.78. The summed E-state index contributed by atoms with van der Waals surface area (Å²) < 4.78 is 0. The van der Waals surface area contributed by atoms with Gasteiger partial charge in [-0.3, -0.25) is 4.79 Å². The molecule has 1 fully saturated rings. The molecule has 1 atom stereocenters. The molecular formula is C11H20OSi. The third-order valence-corrected chi connectivity index (χ3v) is 5.49. The number of rotatable bonds is 2. The number of ketones is 1. The van der Waals surface area contributed by atoms with Crippen molar-refractivity contribution in [3.63, 3.8) is 0 Å². The van der Waals surface area contributed by atoms with E-state index < -0.39 is 8.07 Å². The van der Waals surface area contributed by atoms with Crippen molar-refractivity contribution in [2.24, 2.45) is 5.92 Å². The van der Waals surface area contributed by atoms with E-state index in [-0.39, 0.29) is 0 Å². The maximum atomic E-state index is 11.1. The summed E-state index contributed by atoms with van der Waals surface area (Å²) >= 11 is 0. The summed E-state index contributed by atoms with van der Waals surface area (Å²) in [7, 11) is -1.10. The summed E-state index contributed by atoms with van der Waals surface area (Å²) in [6.07, 6.45) is 5.04. The molecular weight excluding hydrogens is 176 g/mol. The minimum atomic E-state index is -1.10. The van der Waals surface area contributed by atoms with E-state index in [0.717, 1.165) is 19.3 Å². The molecule has 0 aliphatic heterocycles. The molecule has 0 unspecified atom stereocenters. The number of carbonyl (C=O) groups excluding carboxylic acids is 1. The molecule has 1 aliphatic carbocycles. The normalized spacial score (nSPS) is 25.4. The molecule has 1 rings (SSSR count). The van der Waals surface area contributed by atoms with Crippen molar-refractivity contribution < 1.29 is 4.79 Å². The van der Waals surface area contributed by atoms with Crippen molar-refractivity contribution in [1.82, 2.24) is 0 Å². The van der Waals surface area contributed by atoms with Gasteiger partial charge in [0.25, 0.3) is 0 Å². The topological polar surface area (TPSA) is 17.1 Å². The van der Waals surface area contributed by atoms with Gasteiger partial charge in [-0.25, -0.2) is 0 Å². The lowest BCUT2D eigenvalue weighted by molar-refractivity contribution is -0.117. The van der Waals surface area contributed by atoms with Gasteiger partial charge in [0.05, 0.1) is 8.07 Å². The maximum Gasteiger partial charge on any atom is 0.133 e. The summed E-state index contributed by atoms with van der Waals surface area (Å²) in [6.45, 7) is 9.30. The Labute approximate surface area is 82.2 Å². The minimum Gasteiger partial charge on any atom is -0.300 e. The van der Waals surface area contributed by atoms with Crippen molar-refractivity contribution in [2.45, 2.75) is 45.8 Å². The van der Waals surface area contributed by atoms with Crippen LogP contribution in [0.1, 0.15) is 26.2 Å². The number of hydrogen-bond donors (Lipinski definition) is 0. The average Bonchev–Trinajstić information content (AvgIpc) is 2.33. The van der Waals surface area contributed by atoms with Crippen LogP contribution in [0.25, 0.3) is 0 Å². The Morgan fingerprint density at radius 1 is 1.46 bits per heavy atom. The first kappa shape index (κ1) is 10.7. The maximum absolute atomic E-state index is 11.1. The smallest absolute Gasteiger partial charge is 0.133 e. The molecule has 0 bridgehead atoms. The van der Waals surface area contributed by atoms with Crippen molar-refractivity contribution in [3.8, 4) is 0 Å². The molecule has 0 amide bonds. The van der Waals surface area contributed by atoms with Gasteiger partial charge >= 0.3 is 0 Å². The van der Waals surface area contributed by atoms with E-state index in [1.54, 1.807) is 5.20 Å². The lowest BCUT2D eigenvalue weighted by Crippen LogP contribution is -2.22. The lowest BCUT2D eigenvalue weighted by Gasteiger charge is -2.18.